The van der Waals surface area contributed by atoms with Gasteiger partial charge in [0.2, 0.25) is 0 Å². The largest absolute Gasteiger partial charge is 0.497 e. The second kappa shape index (κ2) is 7.54. The van der Waals surface area contributed by atoms with Crippen LogP contribution in [-0.4, -0.2) is 28.6 Å². The van der Waals surface area contributed by atoms with Crippen molar-refractivity contribution in [2.75, 3.05) is 25.6 Å². The molecule has 1 atom stereocenters. The molecule has 1 aromatic carbocycles. The van der Waals surface area contributed by atoms with Gasteiger partial charge in [-0.25, -0.2) is 0 Å². The van der Waals surface area contributed by atoms with Crippen molar-refractivity contribution in [1.82, 2.24) is 0 Å². The van der Waals surface area contributed by atoms with E-state index in [1.54, 1.807) is 7.11 Å². The lowest BCUT2D eigenvalue weighted by Crippen LogP contribution is -2.44. The first-order valence-electron chi connectivity index (χ1n) is 8.18. The minimum absolute atomic E-state index is 0.102. The SMILES string of the molecule is C=CC(C)(CNc1ccc(OC)cc1)CO[Si](C)(C)C(C)(C)C. The summed E-state index contributed by atoms with van der Waals surface area (Å²) >= 11 is 0. The normalized spacial score (nSPS) is 14.9. The summed E-state index contributed by atoms with van der Waals surface area (Å²) in [6.07, 6.45) is 2.00. The van der Waals surface area contributed by atoms with Crippen LogP contribution in [0.1, 0.15) is 27.7 Å². The minimum atomic E-state index is -1.74. The maximum Gasteiger partial charge on any atom is 0.192 e. The van der Waals surface area contributed by atoms with Crippen molar-refractivity contribution >= 4 is 14.0 Å². The Morgan fingerprint density at radius 2 is 1.70 bits per heavy atom. The highest BCUT2D eigenvalue weighted by Gasteiger charge is 2.38. The smallest absolute Gasteiger partial charge is 0.192 e. The molecule has 0 saturated carbocycles. The Morgan fingerprint density at radius 3 is 2.13 bits per heavy atom. The summed E-state index contributed by atoms with van der Waals surface area (Å²) in [5.41, 5.74) is 0.973. The highest BCUT2D eigenvalue weighted by molar-refractivity contribution is 6.74. The lowest BCUT2D eigenvalue weighted by molar-refractivity contribution is 0.198. The van der Waals surface area contributed by atoms with E-state index >= 15 is 0 Å². The number of benzene rings is 1. The summed E-state index contributed by atoms with van der Waals surface area (Å²) in [6, 6.07) is 7.97. The minimum Gasteiger partial charge on any atom is -0.497 e. The molecule has 0 aromatic heterocycles. The first-order chi connectivity index (χ1) is 10.5. The zero-order valence-corrected chi connectivity index (χ0v) is 16.8. The Hall–Kier alpha value is -1.26. The number of nitrogens with one attached hydrogen (secondary N) is 1. The zero-order chi connectivity index (χ0) is 17.7. The van der Waals surface area contributed by atoms with Crippen molar-refractivity contribution in [3.8, 4) is 5.75 Å². The summed E-state index contributed by atoms with van der Waals surface area (Å²) in [4.78, 5) is 0. The molecule has 0 spiro atoms. The Morgan fingerprint density at radius 1 is 1.13 bits per heavy atom. The van der Waals surface area contributed by atoms with Gasteiger partial charge in [-0.05, 0) is 42.4 Å². The molecular formula is C19H33NO2Si. The lowest BCUT2D eigenvalue weighted by atomic mass is 9.92. The molecule has 1 unspecified atom stereocenters. The van der Waals surface area contributed by atoms with Crippen LogP contribution in [0.2, 0.25) is 18.1 Å². The second-order valence-electron chi connectivity index (χ2n) is 7.99. The third kappa shape index (κ3) is 5.70. The van der Waals surface area contributed by atoms with Crippen LogP contribution >= 0.6 is 0 Å². The average Bonchev–Trinajstić information content (AvgIpc) is 2.50. The van der Waals surface area contributed by atoms with Crippen LogP contribution in [0.15, 0.2) is 36.9 Å². The summed E-state index contributed by atoms with van der Waals surface area (Å²) in [5, 5.41) is 3.69. The molecule has 0 aliphatic carbocycles. The van der Waals surface area contributed by atoms with E-state index in [1.165, 1.54) is 0 Å². The van der Waals surface area contributed by atoms with Gasteiger partial charge in [0.1, 0.15) is 5.75 Å². The van der Waals surface area contributed by atoms with Crippen molar-refractivity contribution in [3.63, 3.8) is 0 Å². The zero-order valence-electron chi connectivity index (χ0n) is 15.8. The molecule has 1 aromatic rings. The van der Waals surface area contributed by atoms with Gasteiger partial charge >= 0.3 is 0 Å². The first kappa shape index (κ1) is 19.8. The third-order valence-corrected chi connectivity index (χ3v) is 9.33. The predicted octanol–water partition coefficient (Wildman–Crippen LogP) is 5.32. The lowest BCUT2D eigenvalue weighted by Gasteiger charge is -2.39. The molecule has 0 radical (unpaired) electrons. The second-order valence-corrected chi connectivity index (χ2v) is 12.8. The van der Waals surface area contributed by atoms with Gasteiger partial charge in [-0.15, -0.1) is 6.58 Å². The molecule has 130 valence electrons. The van der Waals surface area contributed by atoms with Crippen molar-refractivity contribution in [2.45, 2.75) is 45.8 Å². The number of anilines is 1. The van der Waals surface area contributed by atoms with E-state index in [0.29, 0.717) is 6.61 Å². The Labute approximate surface area is 143 Å². The van der Waals surface area contributed by atoms with Gasteiger partial charge in [0, 0.05) is 24.3 Å². The molecule has 0 amide bonds. The van der Waals surface area contributed by atoms with Gasteiger partial charge in [0.05, 0.1) is 7.11 Å². The number of methoxy groups -OCH3 is 1. The van der Waals surface area contributed by atoms with E-state index in [9.17, 15) is 0 Å². The Bertz CT molecular complexity index is 505. The van der Waals surface area contributed by atoms with Crippen LogP contribution in [0.4, 0.5) is 5.69 Å². The first-order valence-corrected chi connectivity index (χ1v) is 11.1. The average molecular weight is 336 g/mol. The number of hydrogen-bond acceptors (Lipinski definition) is 3. The molecule has 1 rings (SSSR count). The fraction of sp³-hybridized carbons (Fsp3) is 0.579. The van der Waals surface area contributed by atoms with E-state index in [2.05, 4.69) is 52.7 Å². The van der Waals surface area contributed by atoms with Crippen molar-refractivity contribution in [3.05, 3.63) is 36.9 Å². The summed E-state index contributed by atoms with van der Waals surface area (Å²) in [6.45, 7) is 19.0. The van der Waals surface area contributed by atoms with Gasteiger partial charge in [0.15, 0.2) is 8.32 Å². The number of hydrogen-bond donors (Lipinski definition) is 1. The van der Waals surface area contributed by atoms with Crippen LogP contribution in [0, 0.1) is 5.41 Å². The Balaban J connectivity index is 2.64. The third-order valence-electron chi connectivity index (χ3n) is 4.85. The molecule has 0 aliphatic rings. The van der Waals surface area contributed by atoms with Gasteiger partial charge < -0.3 is 14.5 Å². The van der Waals surface area contributed by atoms with Crippen LogP contribution in [0.5, 0.6) is 5.75 Å². The maximum absolute atomic E-state index is 6.38. The van der Waals surface area contributed by atoms with Crippen LogP contribution in [0.3, 0.4) is 0 Å². The summed E-state index contributed by atoms with van der Waals surface area (Å²) in [7, 11) is -0.0677. The van der Waals surface area contributed by atoms with Gasteiger partial charge in [-0.2, -0.15) is 0 Å². The monoisotopic (exact) mass is 335 g/mol. The molecule has 0 bridgehead atoms. The van der Waals surface area contributed by atoms with Crippen molar-refractivity contribution in [1.29, 1.82) is 0 Å². The molecule has 23 heavy (non-hydrogen) atoms. The van der Waals surface area contributed by atoms with Crippen LogP contribution in [0.25, 0.3) is 0 Å². The molecule has 0 fully saturated rings. The molecule has 0 heterocycles. The van der Waals surface area contributed by atoms with Gasteiger partial charge in [-0.3, -0.25) is 0 Å². The quantitative estimate of drug-likeness (QED) is 0.515. The number of ether oxygens (including phenoxy) is 1. The summed E-state index contributed by atoms with van der Waals surface area (Å²) in [5.74, 6) is 0.864. The van der Waals surface area contributed by atoms with Crippen molar-refractivity contribution < 1.29 is 9.16 Å². The number of rotatable bonds is 8. The molecule has 0 saturated heterocycles. The van der Waals surface area contributed by atoms with E-state index < -0.39 is 8.32 Å². The maximum atomic E-state index is 6.38. The standard InChI is InChI=1S/C19H33NO2Si/c1-9-19(5,15-22-23(7,8)18(2,3)4)14-20-16-10-12-17(21-6)13-11-16/h9-13,20H,1,14-15H2,2-8H3. The fourth-order valence-electron chi connectivity index (χ4n) is 1.76. The van der Waals surface area contributed by atoms with E-state index in [0.717, 1.165) is 18.0 Å². The van der Waals surface area contributed by atoms with Crippen molar-refractivity contribution in [2.24, 2.45) is 5.41 Å². The molecular weight excluding hydrogens is 302 g/mol. The highest BCUT2D eigenvalue weighted by Crippen LogP contribution is 2.37. The van der Waals surface area contributed by atoms with E-state index in [-0.39, 0.29) is 10.5 Å². The van der Waals surface area contributed by atoms with Crippen LogP contribution in [-0.2, 0) is 4.43 Å². The predicted molar refractivity (Wildman–Crippen MR) is 103 cm³/mol. The highest BCUT2D eigenvalue weighted by atomic mass is 28.4. The summed E-state index contributed by atoms with van der Waals surface area (Å²) < 4.78 is 11.6. The molecule has 3 nitrogen and oxygen atoms in total. The molecule has 1 N–H and O–H groups in total. The molecule has 4 heteroatoms. The fourth-order valence-corrected chi connectivity index (χ4v) is 2.88. The van der Waals surface area contributed by atoms with Gasteiger partial charge in [0.25, 0.3) is 0 Å². The van der Waals surface area contributed by atoms with E-state index in [1.807, 2.05) is 30.3 Å². The Kier molecular flexibility index (Phi) is 6.48. The van der Waals surface area contributed by atoms with Crippen LogP contribution < -0.4 is 10.1 Å². The molecule has 0 aliphatic heterocycles. The van der Waals surface area contributed by atoms with Gasteiger partial charge in [-0.1, -0.05) is 33.8 Å². The van der Waals surface area contributed by atoms with E-state index in [4.69, 9.17) is 9.16 Å². The topological polar surface area (TPSA) is 30.5 Å².